The SMILES string of the molecule is C1=C\CC/C=C\CC/1.CC(C)(C)P1Cc2ccc3ccccc3c2-c2c(ccc3ccccc23)[C@@H]1[C@H]1c2ccc3ccccc3c2-c2c(ccc3ccccc23)CP1C(C)(C)C.F[B-](F)(F)F.[Rh]. The maximum absolute atomic E-state index is 9.75. The van der Waals surface area contributed by atoms with E-state index in [1.807, 2.05) is 0 Å². The molecule has 11 rings (SSSR count). The van der Waals surface area contributed by atoms with Crippen molar-refractivity contribution in [2.24, 2.45) is 0 Å². The Hall–Kier alpha value is -4.45. The molecule has 1 aliphatic carbocycles. The summed E-state index contributed by atoms with van der Waals surface area (Å²) in [5.74, 6) is 0. The first-order valence-electron chi connectivity index (χ1n) is 23.8. The molecule has 0 bridgehead atoms. The molecule has 8 aromatic rings. The third kappa shape index (κ3) is 10.4. The Morgan fingerprint density at radius 3 is 0.941 bits per heavy atom. The van der Waals surface area contributed by atoms with Crippen molar-refractivity contribution in [2.75, 3.05) is 0 Å². The van der Waals surface area contributed by atoms with Crippen LogP contribution in [0.5, 0.6) is 0 Å². The van der Waals surface area contributed by atoms with Gasteiger partial charge in [0.15, 0.2) is 0 Å². The van der Waals surface area contributed by atoms with Crippen LogP contribution < -0.4 is 0 Å². The van der Waals surface area contributed by atoms with E-state index in [2.05, 4.69) is 211 Å². The molecule has 0 saturated carbocycles. The van der Waals surface area contributed by atoms with Crippen molar-refractivity contribution in [1.29, 1.82) is 0 Å². The van der Waals surface area contributed by atoms with E-state index in [0.29, 0.717) is 11.3 Å². The van der Waals surface area contributed by atoms with Gasteiger partial charge in [-0.05, 0) is 136 Å². The molecular weight excluding hydrogens is 972 g/mol. The summed E-state index contributed by atoms with van der Waals surface area (Å²) in [5.41, 5.74) is 12.8. The molecule has 0 nitrogen and oxygen atoms in total. The fourth-order valence-electron chi connectivity index (χ4n) is 10.9. The predicted molar refractivity (Wildman–Crippen MR) is 287 cm³/mol. The number of halogens is 4. The van der Waals surface area contributed by atoms with Gasteiger partial charge < -0.3 is 17.3 Å². The van der Waals surface area contributed by atoms with Gasteiger partial charge in [-0.2, -0.15) is 0 Å². The number of allylic oxidation sites excluding steroid dienone is 4. The Balaban J connectivity index is 0.000000391. The number of benzene rings is 8. The van der Waals surface area contributed by atoms with Gasteiger partial charge in [-0.1, -0.05) is 227 Å². The fourth-order valence-corrected chi connectivity index (χ4v) is 18.2. The summed E-state index contributed by atoms with van der Waals surface area (Å²) in [7, 11) is -7.11. The van der Waals surface area contributed by atoms with Crippen LogP contribution in [0.15, 0.2) is 170 Å². The first kappa shape index (κ1) is 50.0. The van der Waals surface area contributed by atoms with Gasteiger partial charge in [0.05, 0.1) is 0 Å². The summed E-state index contributed by atoms with van der Waals surface area (Å²) in [6.07, 6.45) is 16.2. The molecule has 1 radical (unpaired) electrons. The van der Waals surface area contributed by atoms with Crippen LogP contribution in [-0.2, 0) is 31.8 Å². The van der Waals surface area contributed by atoms with Gasteiger partial charge in [-0.25, -0.2) is 0 Å². The van der Waals surface area contributed by atoms with Gasteiger partial charge in [0.1, 0.15) is 0 Å². The average molecular weight is 1030 g/mol. The molecule has 2 unspecified atom stereocenters. The molecule has 351 valence electrons. The Morgan fingerprint density at radius 2 is 0.647 bits per heavy atom. The number of rotatable bonds is 1. The van der Waals surface area contributed by atoms with Crippen LogP contribution in [-0.4, -0.2) is 17.6 Å². The molecule has 0 amide bonds. The largest absolute Gasteiger partial charge is 0.673 e. The summed E-state index contributed by atoms with van der Waals surface area (Å²) < 4.78 is 39.0. The first-order chi connectivity index (χ1) is 32.1. The number of hydrogen-bond acceptors (Lipinski definition) is 0. The average Bonchev–Trinajstić information content (AvgIpc) is 3.54. The van der Waals surface area contributed by atoms with E-state index in [4.69, 9.17) is 0 Å². The molecule has 68 heavy (non-hydrogen) atoms. The van der Waals surface area contributed by atoms with Gasteiger partial charge in [0.25, 0.3) is 0 Å². The zero-order valence-electron chi connectivity index (χ0n) is 39.9. The van der Waals surface area contributed by atoms with E-state index in [1.165, 1.54) is 102 Å². The monoisotopic (exact) mass is 1030 g/mol. The minimum Gasteiger partial charge on any atom is -0.418 e. The van der Waals surface area contributed by atoms with Gasteiger partial charge in [0.2, 0.25) is 0 Å². The summed E-state index contributed by atoms with van der Waals surface area (Å²) in [5, 5.41) is 11.1. The van der Waals surface area contributed by atoms with E-state index in [1.54, 1.807) is 11.1 Å². The smallest absolute Gasteiger partial charge is 0.418 e. The van der Waals surface area contributed by atoms with Crippen molar-refractivity contribution >= 4 is 66.2 Å². The van der Waals surface area contributed by atoms with Crippen molar-refractivity contribution in [2.45, 2.75) is 101 Å². The third-order valence-electron chi connectivity index (χ3n) is 13.8. The van der Waals surface area contributed by atoms with E-state index >= 15 is 0 Å². The minimum atomic E-state index is -6.00. The van der Waals surface area contributed by atoms with Crippen molar-refractivity contribution in [3.8, 4) is 22.3 Å². The van der Waals surface area contributed by atoms with Gasteiger partial charge in [-0.3, -0.25) is 0 Å². The van der Waals surface area contributed by atoms with Crippen LogP contribution in [0.1, 0.15) is 101 Å². The summed E-state index contributed by atoms with van der Waals surface area (Å²) in [6, 6.07) is 56.5. The van der Waals surface area contributed by atoms with Crippen LogP contribution in [0, 0.1) is 0 Å². The van der Waals surface area contributed by atoms with Gasteiger partial charge in [0, 0.05) is 30.8 Å². The molecule has 0 saturated heterocycles. The topological polar surface area (TPSA) is 0 Å². The third-order valence-corrected chi connectivity index (χ3v) is 21.3. The quantitative estimate of drug-likeness (QED) is 0.0665. The Labute approximate surface area is 416 Å². The summed E-state index contributed by atoms with van der Waals surface area (Å²) >= 11 is 0. The molecular formula is C60H60BF4P2Rh-. The maximum atomic E-state index is 9.75. The molecule has 0 fully saturated rings. The van der Waals surface area contributed by atoms with E-state index in [-0.39, 0.29) is 29.8 Å². The molecule has 2 heterocycles. The van der Waals surface area contributed by atoms with Gasteiger partial charge in [-0.15, -0.1) is 0 Å². The second-order valence-corrected chi connectivity index (χ2v) is 26.5. The normalized spacial score (nSPS) is 20.0. The molecule has 3 aliphatic rings. The molecule has 0 N–H and O–H groups in total. The zero-order chi connectivity index (χ0) is 47.1. The first-order valence-corrected chi connectivity index (χ1v) is 27.0. The Morgan fingerprint density at radius 1 is 0.382 bits per heavy atom. The van der Waals surface area contributed by atoms with Crippen LogP contribution >= 0.6 is 15.8 Å². The standard InChI is InChI=1S/C52H48P2.C8H12.BF4.Rh/c1-51(2,3)53-31-37-25-23-33-15-7-11-19-39(33)45(37)47-41-21-13-9-17-35(41)27-29-43(47)49(53)50-44-30-28-36-18-10-14-22-42(36)48(44)46-38(32-54(50)52(4,5)6)26-24-34-16-8-12-20-40(34)46;1-2-4-6-8-7-5-3-1;2-1(3,4)5;/h7-30,49-50H,31-32H2,1-6H3;1-2,7-8H,3-6H2;;/q;;-1;/b;2-1-,8-7-;;/t49-,50-,53?,54?;;;/m1.../s1. The predicted octanol–water partition coefficient (Wildman–Crippen LogP) is 20.0. The zero-order valence-corrected chi connectivity index (χ0v) is 43.3. The van der Waals surface area contributed by atoms with Crippen LogP contribution in [0.3, 0.4) is 0 Å². The Kier molecular flexibility index (Phi) is 15.0. The second kappa shape index (κ2) is 20.5. The fraction of sp³-hybridized carbons (Fsp3) is 0.267. The van der Waals surface area contributed by atoms with Crippen LogP contribution in [0.4, 0.5) is 17.3 Å². The maximum Gasteiger partial charge on any atom is 0.673 e. The van der Waals surface area contributed by atoms with Crippen molar-refractivity contribution in [3.05, 3.63) is 192 Å². The number of fused-ring (bicyclic) bond motifs is 14. The summed E-state index contributed by atoms with van der Waals surface area (Å²) in [4.78, 5) is 0. The van der Waals surface area contributed by atoms with Crippen molar-refractivity contribution in [3.63, 3.8) is 0 Å². The van der Waals surface area contributed by atoms with Crippen LogP contribution in [0.25, 0.3) is 65.3 Å². The van der Waals surface area contributed by atoms with E-state index < -0.39 is 23.1 Å². The molecule has 4 atom stereocenters. The van der Waals surface area contributed by atoms with Crippen LogP contribution in [0.2, 0.25) is 0 Å². The van der Waals surface area contributed by atoms with Crippen molar-refractivity contribution < 1.29 is 36.7 Å². The van der Waals surface area contributed by atoms with Crippen molar-refractivity contribution in [1.82, 2.24) is 0 Å². The molecule has 8 aromatic carbocycles. The molecule has 0 aromatic heterocycles. The summed E-state index contributed by atoms with van der Waals surface area (Å²) in [6.45, 7) is 15.3. The molecule has 0 spiro atoms. The Bertz CT molecular complexity index is 2940. The molecule has 8 heteroatoms. The number of hydrogen-bond donors (Lipinski definition) is 0. The second-order valence-electron chi connectivity index (χ2n) is 20.2. The minimum absolute atomic E-state index is 0. The van der Waals surface area contributed by atoms with Gasteiger partial charge >= 0.3 is 7.25 Å². The van der Waals surface area contributed by atoms with E-state index in [0.717, 1.165) is 12.3 Å². The molecule has 2 aliphatic heterocycles. The van der Waals surface area contributed by atoms with E-state index in [9.17, 15) is 17.3 Å².